The Balaban J connectivity index is 2.36. The summed E-state index contributed by atoms with van der Waals surface area (Å²) in [6.07, 6.45) is 3.83. The van der Waals surface area contributed by atoms with E-state index in [4.69, 9.17) is 17.0 Å². The lowest BCUT2D eigenvalue weighted by atomic mass is 10.0. The molecule has 0 aliphatic heterocycles. The highest BCUT2D eigenvalue weighted by Crippen LogP contribution is 2.25. The first-order valence-electron chi connectivity index (χ1n) is 6.95. The van der Waals surface area contributed by atoms with E-state index in [-0.39, 0.29) is 6.10 Å². The summed E-state index contributed by atoms with van der Waals surface area (Å²) in [5.41, 5.74) is 3.28. The second-order valence-electron chi connectivity index (χ2n) is 5.00. The zero-order valence-electron chi connectivity index (χ0n) is 12.1. The minimum Gasteiger partial charge on any atom is -0.491 e. The summed E-state index contributed by atoms with van der Waals surface area (Å²) in [6, 6.07) is 8.08. The first-order valence-corrected chi connectivity index (χ1v) is 7.36. The monoisotopic (exact) mass is 288 g/mol. The molecule has 0 amide bonds. The van der Waals surface area contributed by atoms with E-state index < -0.39 is 0 Å². The molecule has 2 aromatic rings. The van der Waals surface area contributed by atoms with E-state index in [0.29, 0.717) is 4.64 Å². The Bertz CT molecular complexity index is 617. The number of ether oxygens (including phenoxy) is 1. The van der Waals surface area contributed by atoms with Crippen LogP contribution in [-0.2, 0) is 6.42 Å². The van der Waals surface area contributed by atoms with Gasteiger partial charge < -0.3 is 9.72 Å². The van der Waals surface area contributed by atoms with E-state index in [2.05, 4.69) is 29.0 Å². The van der Waals surface area contributed by atoms with Crippen molar-refractivity contribution < 1.29 is 4.74 Å². The molecule has 0 unspecified atom stereocenters. The third-order valence-electron chi connectivity index (χ3n) is 2.97. The summed E-state index contributed by atoms with van der Waals surface area (Å²) in [5.74, 6) is 0.883. The van der Waals surface area contributed by atoms with E-state index in [1.165, 1.54) is 0 Å². The molecule has 0 atom stereocenters. The number of aromatic nitrogens is 2. The van der Waals surface area contributed by atoms with Crippen LogP contribution < -0.4 is 4.74 Å². The van der Waals surface area contributed by atoms with E-state index in [1.54, 1.807) is 6.33 Å². The molecular formula is C16H20N2OS. The lowest BCUT2D eigenvalue weighted by Gasteiger charge is -2.12. The highest BCUT2D eigenvalue weighted by molar-refractivity contribution is 7.71. The van der Waals surface area contributed by atoms with Crippen LogP contribution in [0.5, 0.6) is 5.75 Å². The number of aromatic amines is 1. The Morgan fingerprint density at radius 3 is 2.55 bits per heavy atom. The molecule has 1 heterocycles. The standard InChI is InChI=1S/C16H20N2OS/c1-4-5-14-15(17-10-18-16(14)20)12-6-8-13(9-7-12)19-11(2)3/h6-11H,4-5H2,1-3H3,(H,17,18,20). The molecule has 1 aromatic carbocycles. The largest absolute Gasteiger partial charge is 0.491 e. The quantitative estimate of drug-likeness (QED) is 0.820. The van der Waals surface area contributed by atoms with E-state index >= 15 is 0 Å². The fraction of sp³-hybridized carbons (Fsp3) is 0.375. The number of benzene rings is 1. The molecule has 0 spiro atoms. The Hall–Kier alpha value is -1.68. The van der Waals surface area contributed by atoms with Crippen LogP contribution in [0.25, 0.3) is 11.3 Å². The average molecular weight is 288 g/mol. The smallest absolute Gasteiger partial charge is 0.133 e. The van der Waals surface area contributed by atoms with Gasteiger partial charge in [-0.05, 0) is 50.1 Å². The third-order valence-corrected chi connectivity index (χ3v) is 3.32. The van der Waals surface area contributed by atoms with Crippen molar-refractivity contribution in [2.75, 3.05) is 0 Å². The number of hydrogen-bond acceptors (Lipinski definition) is 3. The number of hydrogen-bond donors (Lipinski definition) is 1. The van der Waals surface area contributed by atoms with Gasteiger partial charge in [0.1, 0.15) is 10.4 Å². The summed E-state index contributed by atoms with van der Waals surface area (Å²) in [7, 11) is 0. The SMILES string of the molecule is CCCc1c(-c2ccc(OC(C)C)cc2)[nH]cnc1=S. The first-order chi connectivity index (χ1) is 9.61. The molecule has 0 radical (unpaired) electrons. The molecule has 2 rings (SSSR count). The van der Waals surface area contributed by atoms with Gasteiger partial charge in [-0.2, -0.15) is 0 Å². The maximum atomic E-state index is 5.66. The molecule has 20 heavy (non-hydrogen) atoms. The zero-order valence-corrected chi connectivity index (χ0v) is 13.0. The van der Waals surface area contributed by atoms with Gasteiger partial charge in [0, 0.05) is 5.56 Å². The van der Waals surface area contributed by atoms with Gasteiger partial charge in [0.15, 0.2) is 0 Å². The highest BCUT2D eigenvalue weighted by Gasteiger charge is 2.08. The van der Waals surface area contributed by atoms with Gasteiger partial charge in [0.2, 0.25) is 0 Å². The molecule has 1 aromatic heterocycles. The van der Waals surface area contributed by atoms with Crippen molar-refractivity contribution in [3.63, 3.8) is 0 Å². The predicted octanol–water partition coefficient (Wildman–Crippen LogP) is 4.55. The Kier molecular flexibility index (Phi) is 4.90. The summed E-state index contributed by atoms with van der Waals surface area (Å²) < 4.78 is 6.35. The zero-order chi connectivity index (χ0) is 14.5. The van der Waals surface area contributed by atoms with Crippen molar-refractivity contribution in [3.8, 4) is 17.0 Å². The fourth-order valence-electron chi connectivity index (χ4n) is 2.14. The van der Waals surface area contributed by atoms with E-state index in [0.717, 1.165) is 35.4 Å². The molecule has 3 nitrogen and oxygen atoms in total. The van der Waals surface area contributed by atoms with Crippen LogP contribution in [-0.4, -0.2) is 16.1 Å². The van der Waals surface area contributed by atoms with Gasteiger partial charge in [0.25, 0.3) is 0 Å². The molecule has 0 saturated heterocycles. The third kappa shape index (κ3) is 3.45. The van der Waals surface area contributed by atoms with E-state index in [1.807, 2.05) is 26.0 Å². The minimum atomic E-state index is 0.184. The minimum absolute atomic E-state index is 0.184. The fourth-order valence-corrected chi connectivity index (χ4v) is 2.40. The van der Waals surface area contributed by atoms with Crippen LogP contribution in [0.4, 0.5) is 0 Å². The van der Waals surface area contributed by atoms with E-state index in [9.17, 15) is 0 Å². The van der Waals surface area contributed by atoms with Gasteiger partial charge in [-0.15, -0.1) is 0 Å². The summed E-state index contributed by atoms with van der Waals surface area (Å²) >= 11 is 5.33. The molecule has 106 valence electrons. The average Bonchev–Trinajstić information content (AvgIpc) is 2.42. The Labute approximate surface area is 125 Å². The van der Waals surface area contributed by atoms with Gasteiger partial charge >= 0.3 is 0 Å². The second-order valence-corrected chi connectivity index (χ2v) is 5.39. The number of nitrogens with one attached hydrogen (secondary N) is 1. The Morgan fingerprint density at radius 1 is 1.25 bits per heavy atom. The van der Waals surface area contributed by atoms with Crippen molar-refractivity contribution in [1.82, 2.24) is 9.97 Å². The summed E-state index contributed by atoms with van der Waals surface area (Å²) in [5, 5.41) is 0. The summed E-state index contributed by atoms with van der Waals surface area (Å²) in [4.78, 5) is 7.40. The van der Waals surface area contributed by atoms with Crippen LogP contribution in [0.1, 0.15) is 32.8 Å². The van der Waals surface area contributed by atoms with Gasteiger partial charge in [-0.1, -0.05) is 25.6 Å². The van der Waals surface area contributed by atoms with Gasteiger partial charge in [0.05, 0.1) is 18.1 Å². The second kappa shape index (κ2) is 6.66. The molecule has 0 saturated carbocycles. The van der Waals surface area contributed by atoms with Crippen LogP contribution in [0.3, 0.4) is 0 Å². The highest BCUT2D eigenvalue weighted by atomic mass is 32.1. The maximum absolute atomic E-state index is 5.66. The molecule has 0 aliphatic rings. The van der Waals surface area contributed by atoms with Crippen molar-refractivity contribution in [1.29, 1.82) is 0 Å². The maximum Gasteiger partial charge on any atom is 0.133 e. The van der Waals surface area contributed by atoms with Crippen LogP contribution in [0.15, 0.2) is 30.6 Å². The van der Waals surface area contributed by atoms with Crippen molar-refractivity contribution in [2.24, 2.45) is 0 Å². The van der Waals surface area contributed by atoms with Gasteiger partial charge in [-0.3, -0.25) is 0 Å². The Morgan fingerprint density at radius 2 is 1.95 bits per heavy atom. The molecule has 4 heteroatoms. The van der Waals surface area contributed by atoms with Gasteiger partial charge in [-0.25, -0.2) is 4.98 Å². The number of nitrogens with zero attached hydrogens (tertiary/aromatic N) is 1. The first kappa shape index (κ1) is 14.7. The molecule has 0 aliphatic carbocycles. The summed E-state index contributed by atoms with van der Waals surface area (Å²) in [6.45, 7) is 6.19. The number of H-pyrrole nitrogens is 1. The normalized spacial score (nSPS) is 10.8. The van der Waals surface area contributed by atoms with Crippen molar-refractivity contribution in [3.05, 3.63) is 40.8 Å². The predicted molar refractivity (Wildman–Crippen MR) is 84.6 cm³/mol. The van der Waals surface area contributed by atoms with Crippen LogP contribution in [0, 0.1) is 4.64 Å². The molecular weight excluding hydrogens is 268 g/mol. The molecule has 0 fully saturated rings. The lowest BCUT2D eigenvalue weighted by molar-refractivity contribution is 0.242. The topological polar surface area (TPSA) is 37.9 Å². The van der Waals surface area contributed by atoms with Crippen molar-refractivity contribution >= 4 is 12.2 Å². The number of rotatable bonds is 5. The van der Waals surface area contributed by atoms with Crippen LogP contribution >= 0.6 is 12.2 Å². The molecule has 0 bridgehead atoms. The van der Waals surface area contributed by atoms with Crippen LogP contribution in [0.2, 0.25) is 0 Å². The lowest BCUT2D eigenvalue weighted by Crippen LogP contribution is -2.05. The van der Waals surface area contributed by atoms with Crippen molar-refractivity contribution in [2.45, 2.75) is 39.7 Å². The molecule has 1 N–H and O–H groups in total.